The smallest absolute Gasteiger partial charge is 0.338 e. The van der Waals surface area contributed by atoms with E-state index in [1.54, 1.807) is 60.7 Å². The topological polar surface area (TPSA) is 119 Å². The van der Waals surface area contributed by atoms with Crippen LogP contribution in [0.15, 0.2) is 84.9 Å². The maximum absolute atomic E-state index is 13.1. The van der Waals surface area contributed by atoms with E-state index in [1.165, 1.54) is 30.9 Å². The lowest BCUT2D eigenvalue weighted by Crippen LogP contribution is -2.60. The van der Waals surface area contributed by atoms with Crippen LogP contribution in [0.5, 0.6) is 0 Å². The minimum absolute atomic E-state index is 0.197. The van der Waals surface area contributed by atoms with Gasteiger partial charge in [-0.15, -0.1) is 0 Å². The molecule has 3 aromatic rings. The SMILES string of the molecule is O=C(OC[C@H]1O[CH][C@H](N2C(=O)c3ccccc3C2=O)[C@@H](OC(=O)c2ccccc2)[C@@H]1O)c1ccccc1. The van der Waals surface area contributed by atoms with Crippen molar-refractivity contribution in [3.05, 3.63) is 114 Å². The number of esters is 2. The molecule has 2 aliphatic heterocycles. The molecule has 187 valence electrons. The van der Waals surface area contributed by atoms with Crippen LogP contribution in [0.1, 0.15) is 41.4 Å². The lowest BCUT2D eigenvalue weighted by molar-refractivity contribution is -0.150. The Labute approximate surface area is 212 Å². The number of amides is 2. The fourth-order valence-corrected chi connectivity index (χ4v) is 4.30. The number of ether oxygens (including phenoxy) is 3. The van der Waals surface area contributed by atoms with E-state index in [0.29, 0.717) is 5.56 Å². The number of hydrogen-bond donors (Lipinski definition) is 1. The summed E-state index contributed by atoms with van der Waals surface area (Å²) in [4.78, 5) is 52.4. The molecule has 9 heteroatoms. The van der Waals surface area contributed by atoms with Crippen molar-refractivity contribution in [3.8, 4) is 0 Å². The molecule has 0 bridgehead atoms. The van der Waals surface area contributed by atoms with Crippen molar-refractivity contribution in [3.63, 3.8) is 0 Å². The van der Waals surface area contributed by atoms with Crippen LogP contribution in [-0.4, -0.2) is 64.7 Å². The number of nitrogens with zero attached hydrogens (tertiary/aromatic N) is 1. The average molecular weight is 500 g/mol. The van der Waals surface area contributed by atoms with Crippen LogP contribution >= 0.6 is 0 Å². The summed E-state index contributed by atoms with van der Waals surface area (Å²) >= 11 is 0. The number of rotatable bonds is 6. The summed E-state index contributed by atoms with van der Waals surface area (Å²) in [7, 11) is 0. The van der Waals surface area contributed by atoms with Crippen LogP contribution in [0.4, 0.5) is 0 Å². The lowest BCUT2D eigenvalue weighted by Gasteiger charge is -2.41. The third-order valence-electron chi connectivity index (χ3n) is 6.21. The number of carbonyl (C=O) groups is 4. The Bertz CT molecular complexity index is 1290. The molecule has 1 N–H and O–H groups in total. The van der Waals surface area contributed by atoms with E-state index in [2.05, 4.69) is 0 Å². The van der Waals surface area contributed by atoms with Crippen molar-refractivity contribution in [2.24, 2.45) is 0 Å². The fourth-order valence-electron chi connectivity index (χ4n) is 4.30. The van der Waals surface area contributed by atoms with Crippen LogP contribution in [0.2, 0.25) is 0 Å². The van der Waals surface area contributed by atoms with Crippen molar-refractivity contribution in [2.45, 2.75) is 24.4 Å². The van der Waals surface area contributed by atoms with Crippen LogP contribution < -0.4 is 0 Å². The van der Waals surface area contributed by atoms with Crippen LogP contribution in [0.25, 0.3) is 0 Å². The zero-order chi connectivity index (χ0) is 25.9. The Kier molecular flexibility index (Phi) is 6.80. The predicted octanol–water partition coefficient (Wildman–Crippen LogP) is 2.66. The summed E-state index contributed by atoms with van der Waals surface area (Å²) < 4.78 is 16.6. The number of benzene rings is 3. The first-order valence-corrected chi connectivity index (χ1v) is 11.6. The van der Waals surface area contributed by atoms with Crippen molar-refractivity contribution < 1.29 is 38.5 Å². The largest absolute Gasteiger partial charge is 0.459 e. The first kappa shape index (κ1) is 24.4. The van der Waals surface area contributed by atoms with Gasteiger partial charge in [0, 0.05) is 0 Å². The van der Waals surface area contributed by atoms with Crippen molar-refractivity contribution >= 4 is 23.8 Å². The molecule has 2 amide bonds. The molecule has 9 nitrogen and oxygen atoms in total. The summed E-state index contributed by atoms with van der Waals surface area (Å²) in [6.07, 6.45) is -4.03. The van der Waals surface area contributed by atoms with Gasteiger partial charge < -0.3 is 19.3 Å². The Hall–Kier alpha value is -4.34. The number of aliphatic hydroxyl groups excluding tert-OH is 1. The molecule has 2 aliphatic rings. The Balaban J connectivity index is 1.38. The van der Waals surface area contributed by atoms with Crippen molar-refractivity contribution in [1.82, 2.24) is 4.90 Å². The highest BCUT2D eigenvalue weighted by atomic mass is 16.6. The number of imide groups is 1. The standard InChI is InChI=1S/C28H22NO8/c30-23-22(16-36-27(33)17-9-3-1-4-10-17)35-15-21(24(23)37-28(34)18-11-5-2-6-12-18)29-25(31)19-13-7-8-14-20(19)26(29)32/h1-15,21-24,30H,16H2/t21-,22+,23+,24+/m0/s1. The van der Waals surface area contributed by atoms with Gasteiger partial charge in [0.15, 0.2) is 6.10 Å². The molecule has 1 fully saturated rings. The van der Waals surface area contributed by atoms with Crippen LogP contribution in [0.3, 0.4) is 0 Å². The second kappa shape index (κ2) is 10.3. The molecule has 1 saturated heterocycles. The van der Waals surface area contributed by atoms with E-state index in [1.807, 2.05) is 0 Å². The van der Waals surface area contributed by atoms with E-state index in [-0.39, 0.29) is 23.3 Å². The summed E-state index contributed by atoms with van der Waals surface area (Å²) in [5, 5.41) is 11.2. The van der Waals surface area contributed by atoms with Gasteiger partial charge in [0.05, 0.1) is 22.3 Å². The second-order valence-electron chi connectivity index (χ2n) is 8.52. The van der Waals surface area contributed by atoms with Gasteiger partial charge in [-0.2, -0.15) is 0 Å². The van der Waals surface area contributed by atoms with Gasteiger partial charge in [-0.1, -0.05) is 48.5 Å². The minimum atomic E-state index is -1.53. The van der Waals surface area contributed by atoms with Gasteiger partial charge in [-0.25, -0.2) is 9.59 Å². The molecule has 3 aromatic carbocycles. The number of fused-ring (bicyclic) bond motifs is 1. The van der Waals surface area contributed by atoms with Crippen molar-refractivity contribution in [1.29, 1.82) is 0 Å². The predicted molar refractivity (Wildman–Crippen MR) is 128 cm³/mol. The quantitative estimate of drug-likeness (QED) is 0.405. The maximum Gasteiger partial charge on any atom is 0.338 e. The summed E-state index contributed by atoms with van der Waals surface area (Å²) in [5.74, 6) is -2.60. The molecule has 2 heterocycles. The monoisotopic (exact) mass is 500 g/mol. The highest BCUT2D eigenvalue weighted by molar-refractivity contribution is 6.21. The lowest BCUT2D eigenvalue weighted by atomic mass is 9.96. The molecule has 4 atom stereocenters. The maximum atomic E-state index is 13.1. The molecule has 37 heavy (non-hydrogen) atoms. The fraction of sp³-hybridized carbons (Fsp3) is 0.179. The number of hydrogen-bond acceptors (Lipinski definition) is 8. The molecule has 0 spiro atoms. The van der Waals surface area contributed by atoms with Gasteiger partial charge in [-0.05, 0) is 36.4 Å². The molecular formula is C28H22NO8. The molecular weight excluding hydrogens is 478 g/mol. The third-order valence-corrected chi connectivity index (χ3v) is 6.21. The molecule has 5 rings (SSSR count). The van der Waals surface area contributed by atoms with E-state index in [0.717, 1.165) is 4.90 Å². The highest BCUT2D eigenvalue weighted by Gasteiger charge is 2.51. The Morgan fingerprint density at radius 3 is 1.86 bits per heavy atom. The van der Waals surface area contributed by atoms with Gasteiger partial charge in [0.1, 0.15) is 31.5 Å². The third kappa shape index (κ3) is 4.74. The first-order valence-electron chi connectivity index (χ1n) is 11.6. The number of aliphatic hydroxyl groups is 1. The summed E-state index contributed by atoms with van der Waals surface area (Å²) in [6.45, 7) is 0.804. The zero-order valence-electron chi connectivity index (χ0n) is 19.4. The number of carbonyl (C=O) groups excluding carboxylic acids is 4. The molecule has 0 aliphatic carbocycles. The van der Waals surface area contributed by atoms with E-state index >= 15 is 0 Å². The van der Waals surface area contributed by atoms with E-state index in [9.17, 15) is 24.3 Å². The first-order chi connectivity index (χ1) is 18.0. The average Bonchev–Trinajstić information content (AvgIpc) is 3.19. The second-order valence-corrected chi connectivity index (χ2v) is 8.52. The molecule has 0 aromatic heterocycles. The molecule has 1 radical (unpaired) electrons. The van der Waals surface area contributed by atoms with Gasteiger partial charge in [-0.3, -0.25) is 14.5 Å². The van der Waals surface area contributed by atoms with Crippen LogP contribution in [0, 0.1) is 6.61 Å². The summed E-state index contributed by atoms with van der Waals surface area (Å²) in [6, 6.07) is 21.5. The molecule has 0 saturated carbocycles. The minimum Gasteiger partial charge on any atom is -0.459 e. The van der Waals surface area contributed by atoms with E-state index in [4.69, 9.17) is 14.2 Å². The van der Waals surface area contributed by atoms with Gasteiger partial charge >= 0.3 is 11.9 Å². The normalized spacial score (nSPS) is 22.9. The van der Waals surface area contributed by atoms with Crippen molar-refractivity contribution in [2.75, 3.05) is 6.61 Å². The van der Waals surface area contributed by atoms with Gasteiger partial charge in [0.2, 0.25) is 0 Å². The molecule has 0 unspecified atom stereocenters. The zero-order valence-corrected chi connectivity index (χ0v) is 19.4. The van der Waals surface area contributed by atoms with Gasteiger partial charge in [0.25, 0.3) is 11.8 Å². The Morgan fingerprint density at radius 1 is 0.784 bits per heavy atom. The van der Waals surface area contributed by atoms with Crippen LogP contribution in [-0.2, 0) is 14.2 Å². The van der Waals surface area contributed by atoms with E-state index < -0.39 is 48.1 Å². The Morgan fingerprint density at radius 2 is 1.30 bits per heavy atom. The summed E-state index contributed by atoms with van der Waals surface area (Å²) in [5.41, 5.74) is 0.923. The highest BCUT2D eigenvalue weighted by Crippen LogP contribution is 2.32.